The highest BCUT2D eigenvalue weighted by molar-refractivity contribution is 4.96. The minimum Gasteiger partial charge on any atom is -0.396 e. The quantitative estimate of drug-likeness (QED) is 0.715. The molecule has 0 aromatic heterocycles. The van der Waals surface area contributed by atoms with Gasteiger partial charge < -0.3 is 10.4 Å². The molecule has 0 aliphatic heterocycles. The van der Waals surface area contributed by atoms with Gasteiger partial charge in [0.15, 0.2) is 0 Å². The molecule has 0 aromatic carbocycles. The zero-order valence-corrected chi connectivity index (χ0v) is 10.9. The van der Waals surface area contributed by atoms with Gasteiger partial charge in [0.05, 0.1) is 0 Å². The number of rotatable bonds is 5. The van der Waals surface area contributed by atoms with E-state index in [1.54, 1.807) is 0 Å². The predicted octanol–water partition coefficient (Wildman–Crippen LogP) is 2.28. The molecule has 0 fully saturated rings. The fourth-order valence-electron chi connectivity index (χ4n) is 1.78. The molecule has 0 spiro atoms. The maximum Gasteiger partial charge on any atom is 0.0487 e. The lowest BCUT2D eigenvalue weighted by molar-refractivity contribution is -0.0503. The molecule has 14 heavy (non-hydrogen) atoms. The van der Waals surface area contributed by atoms with Gasteiger partial charge in [0, 0.05) is 13.2 Å². The lowest BCUT2D eigenvalue weighted by atomic mass is 9.55. The normalized spacial score (nSPS) is 14.6. The molecule has 2 N–H and O–H groups in total. The molecule has 0 unspecified atom stereocenters. The fourth-order valence-corrected chi connectivity index (χ4v) is 1.78. The molecular formula is C12H27NO. The van der Waals surface area contributed by atoms with Crippen molar-refractivity contribution in [3.63, 3.8) is 0 Å². The highest BCUT2D eigenvalue weighted by Crippen LogP contribution is 2.50. The Morgan fingerprint density at radius 3 is 1.64 bits per heavy atom. The van der Waals surface area contributed by atoms with Crippen LogP contribution >= 0.6 is 0 Å². The van der Waals surface area contributed by atoms with E-state index in [1.165, 1.54) is 0 Å². The fraction of sp³-hybridized carbons (Fsp3) is 1.00. The van der Waals surface area contributed by atoms with Gasteiger partial charge in [-0.2, -0.15) is 0 Å². The summed E-state index contributed by atoms with van der Waals surface area (Å²) in [6.45, 7) is 14.4. The predicted molar refractivity (Wildman–Crippen MR) is 62.4 cm³/mol. The van der Waals surface area contributed by atoms with Crippen molar-refractivity contribution in [2.45, 2.75) is 41.5 Å². The van der Waals surface area contributed by atoms with Gasteiger partial charge in [0.2, 0.25) is 0 Å². The number of hydrogen-bond acceptors (Lipinski definition) is 2. The van der Waals surface area contributed by atoms with Gasteiger partial charge >= 0.3 is 0 Å². The Labute approximate surface area is 89.1 Å². The third kappa shape index (κ3) is 2.29. The first-order valence-electron chi connectivity index (χ1n) is 5.38. The summed E-state index contributed by atoms with van der Waals surface area (Å²) in [5.74, 6) is 0. The number of hydrogen-bond donors (Lipinski definition) is 2. The summed E-state index contributed by atoms with van der Waals surface area (Å²) in [6, 6.07) is 0. The van der Waals surface area contributed by atoms with Crippen molar-refractivity contribution in [1.82, 2.24) is 5.32 Å². The number of aliphatic hydroxyl groups excluding tert-OH is 1. The van der Waals surface area contributed by atoms with E-state index in [1.807, 2.05) is 7.05 Å². The van der Waals surface area contributed by atoms with Crippen molar-refractivity contribution in [2.24, 2.45) is 16.2 Å². The summed E-state index contributed by atoms with van der Waals surface area (Å²) in [5.41, 5.74) is 0.180. The van der Waals surface area contributed by atoms with E-state index in [2.05, 4.69) is 46.9 Å². The van der Waals surface area contributed by atoms with Gasteiger partial charge in [-0.1, -0.05) is 41.5 Å². The molecule has 2 nitrogen and oxygen atoms in total. The van der Waals surface area contributed by atoms with Crippen molar-refractivity contribution in [1.29, 1.82) is 0 Å². The van der Waals surface area contributed by atoms with Crippen LogP contribution in [0.1, 0.15) is 41.5 Å². The smallest absolute Gasteiger partial charge is 0.0487 e. The highest BCUT2D eigenvalue weighted by atomic mass is 16.3. The number of nitrogens with one attached hydrogen (secondary N) is 1. The van der Waals surface area contributed by atoms with Crippen LogP contribution < -0.4 is 5.32 Å². The average molecular weight is 201 g/mol. The molecule has 0 aromatic rings. The van der Waals surface area contributed by atoms with E-state index in [0.29, 0.717) is 0 Å². The van der Waals surface area contributed by atoms with Crippen molar-refractivity contribution >= 4 is 0 Å². The van der Waals surface area contributed by atoms with Crippen molar-refractivity contribution < 1.29 is 5.11 Å². The van der Waals surface area contributed by atoms with Gasteiger partial charge in [0.25, 0.3) is 0 Å². The summed E-state index contributed by atoms with van der Waals surface area (Å²) >= 11 is 0. The molecule has 0 saturated carbocycles. The molecule has 0 radical (unpaired) electrons. The van der Waals surface area contributed by atoms with Crippen molar-refractivity contribution in [3.05, 3.63) is 0 Å². The monoisotopic (exact) mass is 201 g/mol. The third-order valence-electron chi connectivity index (χ3n) is 4.40. The Bertz CT molecular complexity index is 183. The minimum atomic E-state index is -0.0622. The Hall–Kier alpha value is -0.0800. The van der Waals surface area contributed by atoms with Crippen LogP contribution in [-0.2, 0) is 0 Å². The SMILES string of the molecule is CNCC(C)(C)C(C)(C)C(C)(C)CO. The van der Waals surface area contributed by atoms with Crippen molar-refractivity contribution in [3.8, 4) is 0 Å². The van der Waals surface area contributed by atoms with Crippen molar-refractivity contribution in [2.75, 3.05) is 20.2 Å². The van der Waals surface area contributed by atoms with Gasteiger partial charge in [-0.25, -0.2) is 0 Å². The summed E-state index contributed by atoms with van der Waals surface area (Å²) in [7, 11) is 1.98. The molecule has 2 heteroatoms. The van der Waals surface area contributed by atoms with E-state index in [9.17, 15) is 5.11 Å². The molecular weight excluding hydrogens is 174 g/mol. The third-order valence-corrected chi connectivity index (χ3v) is 4.40. The summed E-state index contributed by atoms with van der Waals surface area (Å²) in [5, 5.41) is 12.7. The minimum absolute atomic E-state index is 0.0622. The summed E-state index contributed by atoms with van der Waals surface area (Å²) in [6.07, 6.45) is 0. The first kappa shape index (κ1) is 13.9. The molecule has 0 bridgehead atoms. The molecule has 0 rings (SSSR count). The molecule has 0 saturated heterocycles. The van der Waals surface area contributed by atoms with Crippen LogP contribution in [0.4, 0.5) is 0 Å². The second-order valence-electron chi connectivity index (χ2n) is 6.08. The maximum absolute atomic E-state index is 9.44. The first-order valence-corrected chi connectivity index (χ1v) is 5.38. The molecule has 0 aliphatic carbocycles. The van der Waals surface area contributed by atoms with Crippen LogP contribution in [0.5, 0.6) is 0 Å². The zero-order valence-electron chi connectivity index (χ0n) is 10.9. The van der Waals surface area contributed by atoms with Gasteiger partial charge in [-0.05, 0) is 23.3 Å². The van der Waals surface area contributed by atoms with E-state index in [0.717, 1.165) is 6.54 Å². The van der Waals surface area contributed by atoms with Crippen LogP contribution in [0.3, 0.4) is 0 Å². The van der Waals surface area contributed by atoms with E-state index >= 15 is 0 Å². The molecule has 0 amide bonds. The summed E-state index contributed by atoms with van der Waals surface area (Å²) < 4.78 is 0. The van der Waals surface area contributed by atoms with E-state index in [-0.39, 0.29) is 22.9 Å². The molecule has 0 aliphatic rings. The lowest BCUT2D eigenvalue weighted by Gasteiger charge is -2.51. The second-order valence-corrected chi connectivity index (χ2v) is 6.08. The van der Waals surface area contributed by atoms with Crippen LogP contribution in [-0.4, -0.2) is 25.3 Å². The second kappa shape index (κ2) is 4.19. The van der Waals surface area contributed by atoms with E-state index < -0.39 is 0 Å². The summed E-state index contributed by atoms with van der Waals surface area (Å²) in [4.78, 5) is 0. The first-order chi connectivity index (χ1) is 6.12. The Balaban J connectivity index is 4.92. The van der Waals surface area contributed by atoms with E-state index in [4.69, 9.17) is 0 Å². The maximum atomic E-state index is 9.44. The van der Waals surface area contributed by atoms with Gasteiger partial charge in [-0.3, -0.25) is 0 Å². The highest BCUT2D eigenvalue weighted by Gasteiger charge is 2.46. The van der Waals surface area contributed by atoms with Crippen LogP contribution in [0, 0.1) is 16.2 Å². The topological polar surface area (TPSA) is 32.3 Å². The van der Waals surface area contributed by atoms with Crippen LogP contribution in [0.15, 0.2) is 0 Å². The van der Waals surface area contributed by atoms with Gasteiger partial charge in [-0.15, -0.1) is 0 Å². The zero-order chi connectivity index (χ0) is 11.6. The Morgan fingerprint density at radius 2 is 1.36 bits per heavy atom. The van der Waals surface area contributed by atoms with Crippen LogP contribution in [0.2, 0.25) is 0 Å². The number of aliphatic hydroxyl groups is 1. The average Bonchev–Trinajstić information content (AvgIpc) is 2.03. The Kier molecular flexibility index (Phi) is 4.17. The van der Waals surface area contributed by atoms with Gasteiger partial charge in [0.1, 0.15) is 0 Å². The Morgan fingerprint density at radius 1 is 0.929 bits per heavy atom. The largest absolute Gasteiger partial charge is 0.396 e. The standard InChI is InChI=1S/C12H27NO/c1-10(2,8-13-7)12(5,6)11(3,4)9-14/h13-14H,8-9H2,1-7H3. The molecule has 86 valence electrons. The van der Waals surface area contributed by atoms with Crippen LogP contribution in [0.25, 0.3) is 0 Å². The molecule has 0 heterocycles. The lowest BCUT2D eigenvalue weighted by Crippen LogP contribution is -2.50. The molecule has 0 atom stereocenters.